The molecule has 0 radical (unpaired) electrons. The van der Waals surface area contributed by atoms with Crippen LogP contribution < -0.4 is 10.1 Å². The summed E-state index contributed by atoms with van der Waals surface area (Å²) in [6, 6.07) is 0. The van der Waals surface area contributed by atoms with Crippen molar-refractivity contribution >= 4 is 5.82 Å². The molecule has 1 N–H and O–H groups in total. The largest absolute Gasteiger partial charge is 0.471 e. The number of aryl methyl sites for hydroxylation is 1. The van der Waals surface area contributed by atoms with Crippen LogP contribution in [0.4, 0.5) is 5.82 Å². The lowest BCUT2D eigenvalue weighted by molar-refractivity contribution is -0.390. The van der Waals surface area contributed by atoms with Crippen molar-refractivity contribution < 1.29 is 9.66 Å². The Kier molecular flexibility index (Phi) is 4.04. The van der Waals surface area contributed by atoms with Crippen molar-refractivity contribution in [3.63, 3.8) is 0 Å². The van der Waals surface area contributed by atoms with Crippen LogP contribution in [0.25, 0.3) is 0 Å². The maximum absolute atomic E-state index is 10.6. The Labute approximate surface area is 87.2 Å². The normalized spacial score (nSPS) is 10.3. The van der Waals surface area contributed by atoms with Gasteiger partial charge < -0.3 is 20.2 Å². The van der Waals surface area contributed by atoms with Gasteiger partial charge in [-0.2, -0.15) is 0 Å². The fourth-order valence-electron chi connectivity index (χ4n) is 1.09. The van der Waals surface area contributed by atoms with Crippen molar-refractivity contribution in [1.29, 1.82) is 0 Å². The predicted octanol–water partition coefficient (Wildman–Crippen LogP) is 0.317. The van der Waals surface area contributed by atoms with E-state index in [1.165, 1.54) is 10.9 Å². The third kappa shape index (κ3) is 2.91. The summed E-state index contributed by atoms with van der Waals surface area (Å²) in [5, 5.41) is 13.6. The topological polar surface area (TPSA) is 82.2 Å². The van der Waals surface area contributed by atoms with Crippen LogP contribution in [-0.2, 0) is 7.05 Å². The molecule has 0 saturated carbocycles. The Balaban J connectivity index is 2.58. The van der Waals surface area contributed by atoms with E-state index < -0.39 is 4.92 Å². The second-order valence-corrected chi connectivity index (χ2v) is 2.94. The lowest BCUT2D eigenvalue weighted by Crippen LogP contribution is -2.21. The summed E-state index contributed by atoms with van der Waals surface area (Å²) in [7, 11) is 1.66. The van der Waals surface area contributed by atoms with E-state index in [1.54, 1.807) is 7.05 Å². The summed E-state index contributed by atoms with van der Waals surface area (Å²) in [6.07, 6.45) is 1.36. The summed E-state index contributed by atoms with van der Waals surface area (Å²) in [6.45, 7) is 3.86. The highest BCUT2D eigenvalue weighted by molar-refractivity contribution is 5.33. The van der Waals surface area contributed by atoms with Gasteiger partial charge in [-0.25, -0.2) is 0 Å². The number of nitro groups is 1. The Morgan fingerprint density at radius 3 is 3.07 bits per heavy atom. The van der Waals surface area contributed by atoms with Crippen molar-refractivity contribution in [1.82, 2.24) is 14.9 Å². The lowest BCUT2D eigenvalue weighted by Gasteiger charge is -2.05. The summed E-state index contributed by atoms with van der Waals surface area (Å²) >= 11 is 0. The molecule has 0 spiro atoms. The van der Waals surface area contributed by atoms with Gasteiger partial charge in [0.1, 0.15) is 6.61 Å². The van der Waals surface area contributed by atoms with Crippen molar-refractivity contribution in [3.8, 4) is 5.88 Å². The summed E-state index contributed by atoms with van der Waals surface area (Å²) < 4.78 is 6.76. The molecule has 84 valence electrons. The zero-order chi connectivity index (χ0) is 11.3. The second kappa shape index (κ2) is 5.30. The highest BCUT2D eigenvalue weighted by Gasteiger charge is 2.21. The molecule has 0 fully saturated rings. The van der Waals surface area contributed by atoms with Gasteiger partial charge in [0.2, 0.25) is 6.33 Å². The molecule has 0 saturated heterocycles. The molecular formula is C8H14N4O3. The van der Waals surface area contributed by atoms with Gasteiger partial charge in [0.25, 0.3) is 5.88 Å². The average Bonchev–Trinajstić information content (AvgIpc) is 2.55. The monoisotopic (exact) mass is 214 g/mol. The molecule has 0 aliphatic heterocycles. The van der Waals surface area contributed by atoms with E-state index in [0.717, 1.165) is 6.54 Å². The van der Waals surface area contributed by atoms with Crippen LogP contribution >= 0.6 is 0 Å². The Morgan fingerprint density at radius 1 is 1.73 bits per heavy atom. The van der Waals surface area contributed by atoms with Crippen LogP contribution in [0.15, 0.2) is 6.33 Å². The molecule has 0 aliphatic carbocycles. The molecule has 0 unspecified atom stereocenters. The second-order valence-electron chi connectivity index (χ2n) is 2.94. The molecule has 15 heavy (non-hydrogen) atoms. The summed E-state index contributed by atoms with van der Waals surface area (Å²) in [5.74, 6) is -0.0492. The fraction of sp³-hybridized carbons (Fsp3) is 0.625. The van der Waals surface area contributed by atoms with Gasteiger partial charge >= 0.3 is 5.82 Å². The van der Waals surface area contributed by atoms with E-state index in [1.807, 2.05) is 6.92 Å². The van der Waals surface area contributed by atoms with E-state index in [0.29, 0.717) is 13.2 Å². The smallest absolute Gasteiger partial charge is 0.426 e. The zero-order valence-electron chi connectivity index (χ0n) is 8.77. The van der Waals surface area contributed by atoms with Crippen LogP contribution in [0.1, 0.15) is 6.92 Å². The number of nitrogens with zero attached hydrogens (tertiary/aromatic N) is 3. The first-order valence-corrected chi connectivity index (χ1v) is 4.66. The van der Waals surface area contributed by atoms with E-state index in [9.17, 15) is 10.1 Å². The standard InChI is InChI=1S/C8H14N4O3/c1-3-9-4-5-15-8-7(12(13)14)10-6-11(8)2/h6,9H,3-5H2,1-2H3. The van der Waals surface area contributed by atoms with E-state index in [4.69, 9.17) is 4.74 Å². The van der Waals surface area contributed by atoms with Crippen LogP contribution in [-0.4, -0.2) is 34.2 Å². The van der Waals surface area contributed by atoms with Crippen molar-refractivity contribution in [2.45, 2.75) is 6.92 Å². The van der Waals surface area contributed by atoms with Gasteiger partial charge in [-0.15, -0.1) is 0 Å². The molecule has 1 rings (SSSR count). The maximum Gasteiger partial charge on any atom is 0.426 e. The molecule has 0 atom stereocenters. The number of nitrogens with one attached hydrogen (secondary N) is 1. The molecule has 0 amide bonds. The molecule has 0 bridgehead atoms. The number of rotatable bonds is 6. The number of imidazole rings is 1. The van der Waals surface area contributed by atoms with Crippen molar-refractivity contribution in [2.75, 3.05) is 19.7 Å². The maximum atomic E-state index is 10.6. The van der Waals surface area contributed by atoms with Gasteiger partial charge in [0.05, 0.1) is 0 Å². The molecule has 7 nitrogen and oxygen atoms in total. The predicted molar refractivity (Wildman–Crippen MR) is 53.9 cm³/mol. The highest BCUT2D eigenvalue weighted by atomic mass is 16.6. The van der Waals surface area contributed by atoms with Crippen molar-refractivity contribution in [3.05, 3.63) is 16.4 Å². The number of hydrogen-bond donors (Lipinski definition) is 1. The van der Waals surface area contributed by atoms with Crippen LogP contribution in [0.3, 0.4) is 0 Å². The Hall–Kier alpha value is -1.63. The third-order valence-corrected chi connectivity index (χ3v) is 1.81. The first-order valence-electron chi connectivity index (χ1n) is 4.66. The zero-order valence-corrected chi connectivity index (χ0v) is 8.77. The van der Waals surface area contributed by atoms with E-state index in [2.05, 4.69) is 10.3 Å². The van der Waals surface area contributed by atoms with Crippen molar-refractivity contribution in [2.24, 2.45) is 7.05 Å². The highest BCUT2D eigenvalue weighted by Crippen LogP contribution is 2.23. The minimum absolute atomic E-state index is 0.193. The summed E-state index contributed by atoms with van der Waals surface area (Å²) in [5.41, 5.74) is 0. The first kappa shape index (κ1) is 11.4. The third-order valence-electron chi connectivity index (χ3n) is 1.81. The number of ether oxygens (including phenoxy) is 1. The Bertz CT molecular complexity index is 337. The van der Waals surface area contributed by atoms with Crippen LogP contribution in [0, 0.1) is 10.1 Å². The number of likely N-dealkylation sites (N-methyl/N-ethyl adjacent to an activating group) is 1. The van der Waals surface area contributed by atoms with Gasteiger partial charge in [-0.1, -0.05) is 6.92 Å². The molecule has 0 aromatic carbocycles. The first-order chi connectivity index (χ1) is 7.16. The summed E-state index contributed by atoms with van der Waals surface area (Å²) in [4.78, 5) is 13.6. The minimum atomic E-state index is -0.553. The fourth-order valence-corrected chi connectivity index (χ4v) is 1.09. The molecule has 7 heteroatoms. The van der Waals surface area contributed by atoms with E-state index in [-0.39, 0.29) is 11.7 Å². The quantitative estimate of drug-likeness (QED) is 0.419. The average molecular weight is 214 g/mol. The molecule has 1 aromatic heterocycles. The van der Waals surface area contributed by atoms with Gasteiger partial charge in [-0.3, -0.25) is 4.57 Å². The minimum Gasteiger partial charge on any atom is -0.471 e. The van der Waals surface area contributed by atoms with Crippen LogP contribution in [0.5, 0.6) is 5.88 Å². The van der Waals surface area contributed by atoms with Gasteiger partial charge in [-0.05, 0) is 16.5 Å². The lowest BCUT2D eigenvalue weighted by atomic mass is 10.6. The molecule has 1 heterocycles. The molecular weight excluding hydrogens is 200 g/mol. The SMILES string of the molecule is CCNCCOc1c([N+](=O)[O-])ncn1C. The molecule has 1 aromatic rings. The van der Waals surface area contributed by atoms with Crippen LogP contribution in [0.2, 0.25) is 0 Å². The van der Waals surface area contributed by atoms with Gasteiger partial charge in [0, 0.05) is 13.6 Å². The number of aromatic nitrogens is 2. The van der Waals surface area contributed by atoms with E-state index >= 15 is 0 Å². The molecule has 0 aliphatic rings. The number of hydrogen-bond acceptors (Lipinski definition) is 5. The Morgan fingerprint density at radius 2 is 2.47 bits per heavy atom. The van der Waals surface area contributed by atoms with Gasteiger partial charge in [0.15, 0.2) is 0 Å².